The first-order valence-corrected chi connectivity index (χ1v) is 8.39. The molecule has 26 heavy (non-hydrogen) atoms. The van der Waals surface area contributed by atoms with E-state index in [0.29, 0.717) is 35.2 Å². The van der Waals surface area contributed by atoms with E-state index < -0.39 is 0 Å². The van der Waals surface area contributed by atoms with Crippen molar-refractivity contribution in [3.05, 3.63) is 64.7 Å². The van der Waals surface area contributed by atoms with Crippen LogP contribution >= 0.6 is 11.6 Å². The molecule has 2 N–H and O–H groups in total. The molecule has 0 radical (unpaired) electrons. The lowest BCUT2D eigenvalue weighted by atomic mass is 10.2. The van der Waals surface area contributed by atoms with E-state index >= 15 is 0 Å². The lowest BCUT2D eigenvalue weighted by Gasteiger charge is -2.06. The van der Waals surface area contributed by atoms with Crippen molar-refractivity contribution >= 4 is 29.5 Å². The van der Waals surface area contributed by atoms with Crippen molar-refractivity contribution in [1.29, 1.82) is 0 Å². The molecule has 0 spiro atoms. The average molecular weight is 373 g/mol. The molecule has 0 atom stereocenters. The third kappa shape index (κ3) is 4.77. The highest BCUT2D eigenvalue weighted by molar-refractivity contribution is 6.30. The Morgan fingerprint density at radius 3 is 2.54 bits per heavy atom. The summed E-state index contributed by atoms with van der Waals surface area (Å²) in [4.78, 5) is 23.7. The zero-order valence-corrected chi connectivity index (χ0v) is 14.6. The number of carbonyl (C=O) groups is 2. The fourth-order valence-electron chi connectivity index (χ4n) is 2.31. The van der Waals surface area contributed by atoms with Crippen molar-refractivity contribution < 1.29 is 19.1 Å². The van der Waals surface area contributed by atoms with E-state index in [2.05, 4.69) is 10.6 Å². The van der Waals surface area contributed by atoms with Crippen LogP contribution < -0.4 is 20.1 Å². The second-order valence-electron chi connectivity index (χ2n) is 5.50. The topological polar surface area (TPSA) is 76.7 Å². The molecule has 0 fully saturated rings. The van der Waals surface area contributed by atoms with Gasteiger partial charge in [-0.15, -0.1) is 0 Å². The van der Waals surface area contributed by atoms with Crippen LogP contribution in [0, 0.1) is 0 Å². The van der Waals surface area contributed by atoms with Crippen molar-refractivity contribution in [2.45, 2.75) is 0 Å². The van der Waals surface area contributed by atoms with Crippen LogP contribution in [0.5, 0.6) is 11.5 Å². The van der Waals surface area contributed by atoms with Crippen LogP contribution in [0.1, 0.15) is 15.9 Å². The Morgan fingerprint density at radius 1 is 1.00 bits per heavy atom. The quantitative estimate of drug-likeness (QED) is 0.603. The van der Waals surface area contributed by atoms with Gasteiger partial charge in [-0.05, 0) is 48.0 Å². The fourth-order valence-corrected chi connectivity index (χ4v) is 2.44. The number of hydrogen-bond donors (Lipinski definition) is 2. The molecule has 0 saturated carbocycles. The summed E-state index contributed by atoms with van der Waals surface area (Å²) in [6.07, 6.45) is 3.11. The van der Waals surface area contributed by atoms with E-state index in [1.54, 1.807) is 42.5 Å². The first kappa shape index (κ1) is 17.8. The average Bonchev–Trinajstić information content (AvgIpc) is 3.11. The Hall–Kier alpha value is -2.99. The van der Waals surface area contributed by atoms with Gasteiger partial charge in [0.15, 0.2) is 11.5 Å². The summed E-state index contributed by atoms with van der Waals surface area (Å²) in [5, 5.41) is 6.00. The summed E-state index contributed by atoms with van der Waals surface area (Å²) in [6, 6.07) is 12.0. The number of benzene rings is 2. The Balaban J connectivity index is 1.40. The fraction of sp³-hybridized carbons (Fsp3) is 0.158. The van der Waals surface area contributed by atoms with Gasteiger partial charge in [-0.2, -0.15) is 0 Å². The van der Waals surface area contributed by atoms with Crippen LogP contribution in [0.15, 0.2) is 48.5 Å². The monoisotopic (exact) mass is 372 g/mol. The maximum atomic E-state index is 11.9. The molecule has 0 unspecified atom stereocenters. The normalized spacial score (nSPS) is 12.2. The molecule has 7 heteroatoms. The van der Waals surface area contributed by atoms with E-state index in [4.69, 9.17) is 21.1 Å². The third-order valence-corrected chi connectivity index (χ3v) is 3.89. The molecule has 3 rings (SSSR count). The van der Waals surface area contributed by atoms with Gasteiger partial charge in [-0.1, -0.05) is 17.7 Å². The maximum Gasteiger partial charge on any atom is 0.251 e. The SMILES string of the molecule is O=C(/C=C/c1ccc2c(c1)OCO2)NCCNC(=O)c1ccc(Cl)cc1. The predicted octanol–water partition coefficient (Wildman–Crippen LogP) is 2.63. The summed E-state index contributed by atoms with van der Waals surface area (Å²) < 4.78 is 10.5. The highest BCUT2D eigenvalue weighted by atomic mass is 35.5. The van der Waals surface area contributed by atoms with Gasteiger partial charge < -0.3 is 20.1 Å². The van der Waals surface area contributed by atoms with E-state index in [0.717, 1.165) is 5.56 Å². The Labute approximate surface area is 155 Å². The van der Waals surface area contributed by atoms with Gasteiger partial charge in [0.25, 0.3) is 5.91 Å². The minimum absolute atomic E-state index is 0.213. The van der Waals surface area contributed by atoms with Gasteiger partial charge in [-0.3, -0.25) is 9.59 Å². The Morgan fingerprint density at radius 2 is 1.73 bits per heavy atom. The molecule has 0 aromatic heterocycles. The summed E-state index contributed by atoms with van der Waals surface area (Å²) >= 11 is 5.78. The largest absolute Gasteiger partial charge is 0.454 e. The molecule has 2 aromatic carbocycles. The number of carbonyl (C=O) groups excluding carboxylic acids is 2. The molecule has 0 saturated heterocycles. The van der Waals surface area contributed by atoms with Crippen molar-refractivity contribution in [1.82, 2.24) is 10.6 Å². The van der Waals surface area contributed by atoms with Gasteiger partial charge in [-0.25, -0.2) is 0 Å². The lowest BCUT2D eigenvalue weighted by Crippen LogP contribution is -2.33. The first-order valence-electron chi connectivity index (χ1n) is 8.01. The molecule has 2 aromatic rings. The van der Waals surface area contributed by atoms with Crippen molar-refractivity contribution in [2.24, 2.45) is 0 Å². The van der Waals surface area contributed by atoms with Crippen LogP contribution in [-0.2, 0) is 4.79 Å². The number of amides is 2. The van der Waals surface area contributed by atoms with Gasteiger partial charge in [0, 0.05) is 29.8 Å². The van der Waals surface area contributed by atoms with Gasteiger partial charge in [0.05, 0.1) is 0 Å². The van der Waals surface area contributed by atoms with Crippen LogP contribution in [0.25, 0.3) is 6.08 Å². The molecule has 0 aliphatic carbocycles. The third-order valence-electron chi connectivity index (χ3n) is 3.64. The van der Waals surface area contributed by atoms with Gasteiger partial charge in [0.2, 0.25) is 12.7 Å². The summed E-state index contributed by atoms with van der Waals surface area (Å²) in [5.41, 5.74) is 1.35. The molecule has 1 heterocycles. The number of hydrogen-bond acceptors (Lipinski definition) is 4. The number of rotatable bonds is 6. The van der Waals surface area contributed by atoms with Crippen LogP contribution in [0.4, 0.5) is 0 Å². The second-order valence-corrected chi connectivity index (χ2v) is 5.94. The molecule has 6 nitrogen and oxygen atoms in total. The lowest BCUT2D eigenvalue weighted by molar-refractivity contribution is -0.116. The van der Waals surface area contributed by atoms with Crippen LogP contribution in [-0.4, -0.2) is 31.7 Å². The van der Waals surface area contributed by atoms with Crippen molar-refractivity contribution in [3.8, 4) is 11.5 Å². The summed E-state index contributed by atoms with van der Waals surface area (Å²) in [5.74, 6) is 0.899. The Bertz CT molecular complexity index is 834. The van der Waals surface area contributed by atoms with Crippen molar-refractivity contribution in [2.75, 3.05) is 19.9 Å². The van der Waals surface area contributed by atoms with Gasteiger partial charge in [0.1, 0.15) is 0 Å². The smallest absolute Gasteiger partial charge is 0.251 e. The van der Waals surface area contributed by atoms with Gasteiger partial charge >= 0.3 is 0 Å². The predicted molar refractivity (Wildman–Crippen MR) is 98.4 cm³/mol. The number of fused-ring (bicyclic) bond motifs is 1. The molecule has 134 valence electrons. The summed E-state index contributed by atoms with van der Waals surface area (Å²) in [6.45, 7) is 0.861. The molecular weight excluding hydrogens is 356 g/mol. The molecule has 1 aliphatic rings. The van der Waals surface area contributed by atoms with E-state index in [-0.39, 0.29) is 18.6 Å². The zero-order chi connectivity index (χ0) is 18.4. The number of ether oxygens (including phenoxy) is 2. The molecular formula is C19H17ClN2O4. The zero-order valence-electron chi connectivity index (χ0n) is 13.8. The molecule has 1 aliphatic heterocycles. The minimum atomic E-state index is -0.247. The minimum Gasteiger partial charge on any atom is -0.454 e. The highest BCUT2D eigenvalue weighted by Crippen LogP contribution is 2.32. The first-order chi connectivity index (χ1) is 12.6. The molecule has 2 amide bonds. The van der Waals surface area contributed by atoms with Crippen LogP contribution in [0.3, 0.4) is 0 Å². The second kappa shape index (κ2) is 8.40. The van der Waals surface area contributed by atoms with E-state index in [9.17, 15) is 9.59 Å². The standard InChI is InChI=1S/C19H17ClN2O4/c20-15-5-3-14(4-6-15)19(24)22-10-9-21-18(23)8-2-13-1-7-16-17(11-13)26-12-25-16/h1-8,11H,9-10,12H2,(H,21,23)(H,22,24)/b8-2+. The van der Waals surface area contributed by atoms with E-state index in [1.807, 2.05) is 6.07 Å². The number of nitrogens with one attached hydrogen (secondary N) is 2. The Kier molecular flexibility index (Phi) is 5.76. The van der Waals surface area contributed by atoms with E-state index in [1.165, 1.54) is 6.08 Å². The van der Waals surface area contributed by atoms with Crippen molar-refractivity contribution in [3.63, 3.8) is 0 Å². The number of halogens is 1. The summed E-state index contributed by atoms with van der Waals surface area (Å²) in [7, 11) is 0. The molecule has 0 bridgehead atoms. The highest BCUT2D eigenvalue weighted by Gasteiger charge is 2.12. The van der Waals surface area contributed by atoms with Crippen LogP contribution in [0.2, 0.25) is 5.02 Å². The maximum absolute atomic E-state index is 11.9.